The maximum Gasteiger partial charge on any atom is 0.123 e. The number of aromatic nitrogens is 6. The molecular weight excluding hydrogens is 307 g/mol. The number of aryl methyl sites for hydroxylation is 1. The van der Waals surface area contributed by atoms with E-state index in [-0.39, 0.29) is 5.82 Å². The summed E-state index contributed by atoms with van der Waals surface area (Å²) >= 11 is 0. The van der Waals surface area contributed by atoms with Crippen molar-refractivity contribution in [2.45, 2.75) is 0 Å². The molecule has 4 aromatic rings. The molecule has 0 radical (unpaired) electrons. The molecule has 4 rings (SSSR count). The minimum absolute atomic E-state index is 0.270. The summed E-state index contributed by atoms with van der Waals surface area (Å²) in [5.41, 5.74) is 4.83. The van der Waals surface area contributed by atoms with Crippen molar-refractivity contribution >= 4 is 0 Å². The van der Waals surface area contributed by atoms with Crippen LogP contribution >= 0.6 is 0 Å². The molecule has 118 valence electrons. The van der Waals surface area contributed by atoms with Crippen LogP contribution in [-0.2, 0) is 7.05 Å². The Balaban J connectivity index is 1.84. The van der Waals surface area contributed by atoms with Crippen molar-refractivity contribution in [3.05, 3.63) is 60.9 Å². The Morgan fingerprint density at radius 1 is 1.00 bits per heavy atom. The Morgan fingerprint density at radius 2 is 1.83 bits per heavy atom. The van der Waals surface area contributed by atoms with E-state index in [1.807, 2.05) is 23.7 Å². The lowest BCUT2D eigenvalue weighted by atomic mass is 10.1. The fraction of sp³-hybridized carbons (Fsp3) is 0.0588. The van der Waals surface area contributed by atoms with Gasteiger partial charge in [-0.1, -0.05) is 0 Å². The molecule has 3 aromatic heterocycles. The van der Waals surface area contributed by atoms with Gasteiger partial charge in [-0.2, -0.15) is 15.4 Å². The van der Waals surface area contributed by atoms with Crippen LogP contribution in [0.25, 0.3) is 33.9 Å². The van der Waals surface area contributed by atoms with Gasteiger partial charge in [0.2, 0.25) is 0 Å². The van der Waals surface area contributed by atoms with Crippen LogP contribution in [0.2, 0.25) is 0 Å². The summed E-state index contributed by atoms with van der Waals surface area (Å²) in [4.78, 5) is 8.90. The topological polar surface area (TPSA) is 72.3 Å². The van der Waals surface area contributed by atoms with E-state index >= 15 is 0 Å². The van der Waals surface area contributed by atoms with Gasteiger partial charge >= 0.3 is 0 Å². The van der Waals surface area contributed by atoms with Crippen LogP contribution in [0.5, 0.6) is 0 Å². The van der Waals surface area contributed by atoms with Gasteiger partial charge in [0.15, 0.2) is 0 Å². The second-order valence-corrected chi connectivity index (χ2v) is 5.34. The highest BCUT2D eigenvalue weighted by atomic mass is 19.1. The minimum Gasteiger partial charge on any atom is -0.333 e. The number of benzene rings is 1. The lowest BCUT2D eigenvalue weighted by Crippen LogP contribution is -1.93. The molecule has 7 heteroatoms. The molecule has 0 spiro atoms. The van der Waals surface area contributed by atoms with Gasteiger partial charge < -0.3 is 4.57 Å². The molecule has 0 saturated carbocycles. The van der Waals surface area contributed by atoms with Crippen molar-refractivity contribution < 1.29 is 4.39 Å². The average molecular weight is 320 g/mol. The number of rotatable bonds is 3. The Kier molecular flexibility index (Phi) is 3.38. The van der Waals surface area contributed by atoms with Crippen molar-refractivity contribution in [2.75, 3.05) is 0 Å². The number of aromatic amines is 1. The third-order valence-electron chi connectivity index (χ3n) is 3.77. The number of hydrogen-bond acceptors (Lipinski definition) is 4. The van der Waals surface area contributed by atoms with E-state index in [1.54, 1.807) is 30.9 Å². The molecule has 0 aliphatic carbocycles. The zero-order chi connectivity index (χ0) is 16.5. The third-order valence-corrected chi connectivity index (χ3v) is 3.77. The first-order valence-corrected chi connectivity index (χ1v) is 7.32. The van der Waals surface area contributed by atoms with Crippen molar-refractivity contribution in [3.63, 3.8) is 0 Å². The summed E-state index contributed by atoms with van der Waals surface area (Å²) in [6.45, 7) is 0. The standard InChI is InChI=1S/C17H13FN6/c1-24-10-20-16(17(24)11-2-4-13(18)5-3-11)14-8-12(6-7-19-14)15-9-21-23-22-15/h2-10H,1H3,(H,21,22,23). The molecule has 24 heavy (non-hydrogen) atoms. The predicted octanol–water partition coefficient (Wildman–Crippen LogP) is 3.07. The molecule has 1 N–H and O–H groups in total. The molecule has 0 saturated heterocycles. The van der Waals surface area contributed by atoms with Gasteiger partial charge in [0.05, 0.1) is 23.9 Å². The SMILES string of the molecule is Cn1cnc(-c2cc(-c3cn[nH]n3)ccn2)c1-c1ccc(F)cc1. The number of halogens is 1. The van der Waals surface area contributed by atoms with Gasteiger partial charge in [-0.05, 0) is 36.4 Å². The van der Waals surface area contributed by atoms with Crippen LogP contribution < -0.4 is 0 Å². The quantitative estimate of drug-likeness (QED) is 0.629. The van der Waals surface area contributed by atoms with Crippen LogP contribution in [0.1, 0.15) is 0 Å². The average Bonchev–Trinajstić information content (AvgIpc) is 3.26. The third kappa shape index (κ3) is 2.45. The smallest absolute Gasteiger partial charge is 0.123 e. The van der Waals surface area contributed by atoms with Gasteiger partial charge in [-0.15, -0.1) is 0 Å². The van der Waals surface area contributed by atoms with E-state index in [0.29, 0.717) is 0 Å². The van der Waals surface area contributed by atoms with E-state index in [9.17, 15) is 4.39 Å². The zero-order valence-electron chi connectivity index (χ0n) is 12.8. The highest BCUT2D eigenvalue weighted by Crippen LogP contribution is 2.31. The van der Waals surface area contributed by atoms with Crippen LogP contribution in [0.3, 0.4) is 0 Å². The Bertz CT molecular complexity index is 973. The molecule has 0 amide bonds. The lowest BCUT2D eigenvalue weighted by molar-refractivity contribution is 0.628. The number of pyridine rings is 1. The summed E-state index contributed by atoms with van der Waals surface area (Å²) in [6, 6.07) is 10.1. The molecule has 1 aromatic carbocycles. The summed E-state index contributed by atoms with van der Waals surface area (Å²) < 4.78 is 15.1. The molecule has 0 unspecified atom stereocenters. The normalized spacial score (nSPS) is 10.9. The van der Waals surface area contributed by atoms with E-state index in [0.717, 1.165) is 33.9 Å². The fourth-order valence-corrected chi connectivity index (χ4v) is 2.63. The van der Waals surface area contributed by atoms with Crippen LogP contribution in [0, 0.1) is 5.82 Å². The molecule has 3 heterocycles. The largest absolute Gasteiger partial charge is 0.333 e. The second kappa shape index (κ2) is 5.69. The fourth-order valence-electron chi connectivity index (χ4n) is 2.63. The second-order valence-electron chi connectivity index (χ2n) is 5.34. The number of hydrogen-bond donors (Lipinski definition) is 1. The number of H-pyrrole nitrogens is 1. The maximum absolute atomic E-state index is 13.2. The molecule has 0 bridgehead atoms. The monoisotopic (exact) mass is 320 g/mol. The minimum atomic E-state index is -0.270. The van der Waals surface area contributed by atoms with Crippen LogP contribution in [-0.4, -0.2) is 29.9 Å². The van der Waals surface area contributed by atoms with Crippen molar-refractivity contribution in [1.29, 1.82) is 0 Å². The highest BCUT2D eigenvalue weighted by Gasteiger charge is 2.15. The molecule has 0 atom stereocenters. The summed E-state index contributed by atoms with van der Waals surface area (Å²) in [6.07, 6.45) is 5.08. The molecule has 0 fully saturated rings. The molecule has 0 aliphatic rings. The van der Waals surface area contributed by atoms with Crippen LogP contribution in [0.15, 0.2) is 55.1 Å². The first kappa shape index (κ1) is 14.3. The highest BCUT2D eigenvalue weighted by molar-refractivity contribution is 5.78. The van der Waals surface area contributed by atoms with E-state index in [2.05, 4.69) is 25.4 Å². The van der Waals surface area contributed by atoms with Gasteiger partial charge in [0.1, 0.15) is 17.2 Å². The molecule has 6 nitrogen and oxygen atoms in total. The van der Waals surface area contributed by atoms with E-state index in [4.69, 9.17) is 0 Å². The van der Waals surface area contributed by atoms with Crippen molar-refractivity contribution in [2.24, 2.45) is 7.05 Å². The molecule has 0 aliphatic heterocycles. The van der Waals surface area contributed by atoms with Gasteiger partial charge in [-0.25, -0.2) is 9.37 Å². The Hall–Kier alpha value is -3.35. The van der Waals surface area contributed by atoms with E-state index < -0.39 is 0 Å². The molecular formula is C17H13FN6. The van der Waals surface area contributed by atoms with Crippen LogP contribution in [0.4, 0.5) is 4.39 Å². The summed E-state index contributed by atoms with van der Waals surface area (Å²) in [7, 11) is 1.90. The summed E-state index contributed by atoms with van der Waals surface area (Å²) in [5.74, 6) is -0.270. The van der Waals surface area contributed by atoms with E-state index in [1.165, 1.54) is 12.1 Å². The summed E-state index contributed by atoms with van der Waals surface area (Å²) in [5, 5.41) is 10.5. The van der Waals surface area contributed by atoms with Gasteiger partial charge in [0, 0.05) is 24.4 Å². The zero-order valence-corrected chi connectivity index (χ0v) is 12.8. The lowest BCUT2D eigenvalue weighted by Gasteiger charge is -2.07. The number of nitrogens with one attached hydrogen (secondary N) is 1. The Morgan fingerprint density at radius 3 is 2.58 bits per heavy atom. The number of imidazole rings is 1. The van der Waals surface area contributed by atoms with Crippen molar-refractivity contribution in [3.8, 4) is 33.9 Å². The predicted molar refractivity (Wildman–Crippen MR) is 87.2 cm³/mol. The maximum atomic E-state index is 13.2. The van der Waals surface area contributed by atoms with Gasteiger partial charge in [-0.3, -0.25) is 4.98 Å². The number of nitrogens with zero attached hydrogens (tertiary/aromatic N) is 5. The Labute approximate surface area is 137 Å². The first-order chi connectivity index (χ1) is 11.7. The van der Waals surface area contributed by atoms with Crippen molar-refractivity contribution in [1.82, 2.24) is 29.9 Å². The van der Waals surface area contributed by atoms with Gasteiger partial charge in [0.25, 0.3) is 0 Å². The first-order valence-electron chi connectivity index (χ1n) is 7.32.